The van der Waals surface area contributed by atoms with Gasteiger partial charge in [0, 0.05) is 18.0 Å². The highest BCUT2D eigenvalue weighted by Crippen LogP contribution is 2.33. The van der Waals surface area contributed by atoms with Gasteiger partial charge in [0.1, 0.15) is 11.0 Å². The van der Waals surface area contributed by atoms with E-state index in [1.54, 1.807) is 24.3 Å². The summed E-state index contributed by atoms with van der Waals surface area (Å²) in [5.41, 5.74) is -2.14. The number of aliphatic imine (C=N–C) groups is 1. The second kappa shape index (κ2) is 11.3. The minimum Gasteiger partial charge on any atom is -0.420 e. The van der Waals surface area contributed by atoms with Crippen molar-refractivity contribution in [2.75, 3.05) is 5.32 Å². The van der Waals surface area contributed by atoms with Crippen LogP contribution in [-0.2, 0) is 16.1 Å². The Morgan fingerprint density at radius 3 is 2.42 bits per heavy atom. The number of ether oxygens (including phenoxy) is 1. The van der Waals surface area contributed by atoms with Crippen molar-refractivity contribution >= 4 is 63.3 Å². The van der Waals surface area contributed by atoms with E-state index >= 15 is 0 Å². The summed E-state index contributed by atoms with van der Waals surface area (Å²) >= 11 is 12.1. The number of halogens is 4. The molecular weight excluding hydrogens is 531 g/mol. The van der Waals surface area contributed by atoms with Gasteiger partial charge in [-0.2, -0.15) is 0 Å². The Morgan fingerprint density at radius 2 is 1.75 bits per heavy atom. The molecule has 4 rings (SSSR count). The van der Waals surface area contributed by atoms with Crippen LogP contribution in [0.25, 0.3) is 0 Å². The highest BCUT2D eigenvalue weighted by atomic mass is 35.5. The molecule has 1 aliphatic heterocycles. The van der Waals surface area contributed by atoms with Gasteiger partial charge in [-0.1, -0.05) is 65.8 Å². The number of nitrogens with one attached hydrogen (secondary N) is 1. The molecule has 0 aliphatic carbocycles. The van der Waals surface area contributed by atoms with Gasteiger partial charge in [-0.05, 0) is 42.0 Å². The quantitative estimate of drug-likeness (QED) is 0.334. The van der Waals surface area contributed by atoms with Crippen molar-refractivity contribution in [3.8, 4) is 5.75 Å². The summed E-state index contributed by atoms with van der Waals surface area (Å²) in [4.78, 5) is 32.2. The zero-order valence-electron chi connectivity index (χ0n) is 18.5. The summed E-state index contributed by atoms with van der Waals surface area (Å²) in [6, 6.07) is 21.6. The second-order valence-electron chi connectivity index (χ2n) is 7.68. The normalized spacial score (nSPS) is 17.2. The molecule has 2 amide bonds. The lowest BCUT2D eigenvalue weighted by Crippen LogP contribution is -2.44. The summed E-state index contributed by atoms with van der Waals surface area (Å²) in [6.45, 7) is 0.254. The fourth-order valence-electron chi connectivity index (χ4n) is 3.37. The Kier molecular flexibility index (Phi) is 8.13. The summed E-state index contributed by atoms with van der Waals surface area (Å²) in [5, 5.41) is 2.68. The molecule has 1 saturated heterocycles. The summed E-state index contributed by atoms with van der Waals surface area (Å²) < 4.78 is 30.1. The van der Waals surface area contributed by atoms with Crippen LogP contribution in [0.3, 0.4) is 0 Å². The lowest BCUT2D eigenvalue weighted by atomic mass is 10.2. The van der Waals surface area contributed by atoms with Crippen LogP contribution in [0.1, 0.15) is 12.0 Å². The topological polar surface area (TPSA) is 71.0 Å². The Hall–Kier alpha value is -3.14. The number of amidine groups is 1. The van der Waals surface area contributed by atoms with E-state index in [9.17, 15) is 18.4 Å². The molecule has 6 nitrogen and oxygen atoms in total. The van der Waals surface area contributed by atoms with Crippen molar-refractivity contribution in [2.24, 2.45) is 4.99 Å². The third-order valence-electron chi connectivity index (χ3n) is 5.04. The Labute approximate surface area is 220 Å². The van der Waals surface area contributed by atoms with Gasteiger partial charge in [0.05, 0.1) is 22.9 Å². The van der Waals surface area contributed by atoms with Crippen LogP contribution in [-0.4, -0.2) is 32.7 Å². The van der Waals surface area contributed by atoms with E-state index in [-0.39, 0.29) is 30.5 Å². The maximum Gasteiger partial charge on any atom is 0.487 e. The summed E-state index contributed by atoms with van der Waals surface area (Å²) in [7, 11) is 0. The van der Waals surface area contributed by atoms with Crippen molar-refractivity contribution in [3.63, 3.8) is 0 Å². The number of nitrogens with zero attached hydrogens (tertiary/aromatic N) is 2. The van der Waals surface area contributed by atoms with Crippen LogP contribution >= 0.6 is 35.0 Å². The van der Waals surface area contributed by atoms with Crippen LogP contribution in [0.2, 0.25) is 5.02 Å². The Balaban J connectivity index is 1.59. The molecule has 0 bridgehead atoms. The Morgan fingerprint density at radius 1 is 1.08 bits per heavy atom. The molecule has 186 valence electrons. The molecule has 0 aromatic heterocycles. The predicted molar refractivity (Wildman–Crippen MR) is 138 cm³/mol. The number of alkyl halides is 3. The molecule has 1 heterocycles. The lowest BCUT2D eigenvalue weighted by Gasteiger charge is -2.32. The molecule has 3 aromatic carbocycles. The molecule has 1 aliphatic rings. The van der Waals surface area contributed by atoms with Gasteiger partial charge in [0.15, 0.2) is 5.17 Å². The third-order valence-corrected chi connectivity index (χ3v) is 6.64. The van der Waals surface area contributed by atoms with Crippen molar-refractivity contribution < 1.29 is 23.1 Å². The standard InChI is InChI=1S/C25H19Cl2F2N3O3S/c26-19-8-4-5-9-20(19)31-23(34)21-14-22(33)32(15-16-6-2-1-3-7-16)24(36-21)30-17-10-12-18(13-11-17)35-25(27,28)29/h1-13,21H,14-15H2,(H,31,34). The van der Waals surface area contributed by atoms with Crippen LogP contribution in [0.5, 0.6) is 5.75 Å². The molecule has 1 atom stereocenters. The molecule has 1 unspecified atom stereocenters. The van der Waals surface area contributed by atoms with Gasteiger partial charge in [0.25, 0.3) is 0 Å². The smallest absolute Gasteiger partial charge is 0.420 e. The number of para-hydroxylation sites is 1. The molecule has 1 N–H and O–H groups in total. The maximum atomic E-state index is 13.2. The van der Waals surface area contributed by atoms with E-state index in [2.05, 4.69) is 15.0 Å². The zero-order valence-corrected chi connectivity index (χ0v) is 20.9. The average Bonchev–Trinajstić information content (AvgIpc) is 2.83. The van der Waals surface area contributed by atoms with E-state index < -0.39 is 10.8 Å². The molecule has 0 radical (unpaired) electrons. The SMILES string of the molecule is O=C(Nc1ccccc1Cl)C1CC(=O)N(Cc2ccccc2)C(=Nc2ccc(OC(F)(F)Cl)cc2)S1. The van der Waals surface area contributed by atoms with E-state index in [0.717, 1.165) is 17.3 Å². The fourth-order valence-corrected chi connectivity index (χ4v) is 4.74. The third kappa shape index (κ3) is 6.96. The van der Waals surface area contributed by atoms with E-state index in [0.29, 0.717) is 21.6 Å². The minimum absolute atomic E-state index is 0.0373. The van der Waals surface area contributed by atoms with Crippen molar-refractivity contribution in [3.05, 3.63) is 89.4 Å². The highest BCUT2D eigenvalue weighted by Gasteiger charge is 2.36. The van der Waals surface area contributed by atoms with Crippen molar-refractivity contribution in [1.29, 1.82) is 0 Å². The second-order valence-corrected chi connectivity index (χ2v) is 9.70. The molecule has 1 fully saturated rings. The molecule has 0 saturated carbocycles. The highest BCUT2D eigenvalue weighted by molar-refractivity contribution is 8.15. The summed E-state index contributed by atoms with van der Waals surface area (Å²) in [5.74, 6) is -0.816. The largest absolute Gasteiger partial charge is 0.487 e. The molecule has 3 aromatic rings. The van der Waals surface area contributed by atoms with Gasteiger partial charge >= 0.3 is 5.57 Å². The van der Waals surface area contributed by atoms with Crippen LogP contribution < -0.4 is 10.1 Å². The van der Waals surface area contributed by atoms with Crippen LogP contribution in [0.15, 0.2) is 83.9 Å². The number of amides is 2. The number of benzene rings is 3. The van der Waals surface area contributed by atoms with Crippen molar-refractivity contribution in [1.82, 2.24) is 4.90 Å². The van der Waals surface area contributed by atoms with Gasteiger partial charge in [0.2, 0.25) is 11.8 Å². The zero-order chi connectivity index (χ0) is 25.7. The minimum atomic E-state index is -3.84. The first-order chi connectivity index (χ1) is 17.2. The first kappa shape index (κ1) is 25.9. The average molecular weight is 550 g/mol. The van der Waals surface area contributed by atoms with Crippen molar-refractivity contribution in [2.45, 2.75) is 23.8 Å². The Bertz CT molecular complexity index is 1270. The van der Waals surface area contributed by atoms with E-state index in [1.165, 1.54) is 29.2 Å². The fraction of sp³-hybridized carbons (Fsp3) is 0.160. The monoisotopic (exact) mass is 549 g/mol. The summed E-state index contributed by atoms with van der Waals surface area (Å²) in [6.07, 6.45) is -0.0373. The lowest BCUT2D eigenvalue weighted by molar-refractivity contribution is -0.129. The molecular formula is C25H19Cl2F2N3O3S. The molecule has 0 spiro atoms. The molecule has 11 heteroatoms. The van der Waals surface area contributed by atoms with Gasteiger partial charge in [-0.3, -0.25) is 14.5 Å². The first-order valence-corrected chi connectivity index (χ1v) is 12.3. The van der Waals surface area contributed by atoms with E-state index in [1.807, 2.05) is 30.3 Å². The van der Waals surface area contributed by atoms with Gasteiger partial charge in [-0.15, -0.1) is 8.78 Å². The van der Waals surface area contributed by atoms with Gasteiger partial charge in [-0.25, -0.2) is 4.99 Å². The molecule has 36 heavy (non-hydrogen) atoms. The number of hydrogen-bond acceptors (Lipinski definition) is 5. The van der Waals surface area contributed by atoms with E-state index in [4.69, 9.17) is 23.2 Å². The number of anilines is 1. The number of carbonyl (C=O) groups is 2. The van der Waals surface area contributed by atoms with Crippen LogP contribution in [0, 0.1) is 0 Å². The maximum absolute atomic E-state index is 13.2. The van der Waals surface area contributed by atoms with Gasteiger partial charge < -0.3 is 10.1 Å². The number of carbonyl (C=O) groups excluding carboxylic acids is 2. The first-order valence-electron chi connectivity index (χ1n) is 10.7. The predicted octanol–water partition coefficient (Wildman–Crippen LogP) is 6.67. The number of hydrogen-bond donors (Lipinski definition) is 1. The number of thioether (sulfide) groups is 1. The van der Waals surface area contributed by atoms with Crippen LogP contribution in [0.4, 0.5) is 20.2 Å². The number of rotatable bonds is 7.